The number of nitrogens with one attached hydrogen (secondary N) is 2. The van der Waals surface area contributed by atoms with Crippen LogP contribution in [0.5, 0.6) is 0 Å². The Bertz CT molecular complexity index is 695. The second kappa shape index (κ2) is 5.96. The Balaban J connectivity index is 2.12. The molecule has 0 aliphatic heterocycles. The maximum atomic E-state index is 12.2. The van der Waals surface area contributed by atoms with Crippen LogP contribution in [0.2, 0.25) is 0 Å². The molecule has 1 amide bonds. The zero-order valence-electron chi connectivity index (χ0n) is 12.1. The molecule has 1 aromatic carbocycles. The first-order valence-corrected chi connectivity index (χ1v) is 8.56. The van der Waals surface area contributed by atoms with Gasteiger partial charge in [0.1, 0.15) is 0 Å². The van der Waals surface area contributed by atoms with Gasteiger partial charge in [-0.1, -0.05) is 12.1 Å². The normalized spacial score (nSPS) is 15.9. The molecule has 0 atom stereocenters. The van der Waals surface area contributed by atoms with Crippen molar-refractivity contribution >= 4 is 27.6 Å². The van der Waals surface area contributed by atoms with E-state index in [0.29, 0.717) is 12.8 Å². The van der Waals surface area contributed by atoms with Crippen molar-refractivity contribution in [3.63, 3.8) is 0 Å². The molecule has 2 rings (SSSR count). The van der Waals surface area contributed by atoms with Crippen molar-refractivity contribution < 1.29 is 23.1 Å². The molecule has 0 saturated heterocycles. The van der Waals surface area contributed by atoms with Crippen molar-refractivity contribution in [1.29, 1.82) is 0 Å². The number of anilines is 1. The molecule has 1 aliphatic rings. The largest absolute Gasteiger partial charge is 0.481 e. The van der Waals surface area contributed by atoms with E-state index in [2.05, 4.69) is 10.0 Å². The predicted octanol–water partition coefficient (Wildman–Crippen LogP) is 1.04. The average Bonchev–Trinajstić information content (AvgIpc) is 3.26. The number of rotatable bonds is 7. The molecular weight excluding hydrogens is 308 g/mol. The first kappa shape index (κ1) is 16.3. The summed E-state index contributed by atoms with van der Waals surface area (Å²) >= 11 is 0. The second-order valence-electron chi connectivity index (χ2n) is 5.32. The fourth-order valence-electron chi connectivity index (χ4n) is 1.97. The quantitative estimate of drug-likeness (QED) is 0.693. The maximum absolute atomic E-state index is 12.2. The van der Waals surface area contributed by atoms with Crippen LogP contribution in [0, 0.1) is 5.41 Å². The van der Waals surface area contributed by atoms with Gasteiger partial charge in [-0.3, -0.25) is 14.3 Å². The van der Waals surface area contributed by atoms with Gasteiger partial charge in [-0.05, 0) is 31.9 Å². The zero-order chi connectivity index (χ0) is 16.4. The number of amides is 1. The summed E-state index contributed by atoms with van der Waals surface area (Å²) in [6.45, 7) is 1.53. The molecule has 1 saturated carbocycles. The zero-order valence-corrected chi connectivity index (χ0v) is 12.9. The lowest BCUT2D eigenvalue weighted by molar-refractivity contribution is -0.143. The maximum Gasteiger partial charge on any atom is 0.311 e. The molecule has 0 unspecified atom stereocenters. The van der Waals surface area contributed by atoms with Gasteiger partial charge in [0.2, 0.25) is 10.0 Å². The first-order valence-electron chi connectivity index (χ1n) is 6.91. The van der Waals surface area contributed by atoms with E-state index in [0.717, 1.165) is 0 Å². The van der Waals surface area contributed by atoms with E-state index in [1.807, 2.05) is 0 Å². The lowest BCUT2D eigenvalue weighted by Gasteiger charge is -2.14. The van der Waals surface area contributed by atoms with Crippen LogP contribution in [-0.4, -0.2) is 37.7 Å². The summed E-state index contributed by atoms with van der Waals surface area (Å²) in [6, 6.07) is 6.21. The van der Waals surface area contributed by atoms with Crippen LogP contribution in [0.4, 0.5) is 5.69 Å². The number of aliphatic carboxylic acids is 1. The summed E-state index contributed by atoms with van der Waals surface area (Å²) in [5.41, 5.74) is -0.518. The molecule has 0 spiro atoms. The van der Waals surface area contributed by atoms with Crippen LogP contribution in [0.1, 0.15) is 30.1 Å². The van der Waals surface area contributed by atoms with Crippen molar-refractivity contribution in [2.75, 3.05) is 17.0 Å². The van der Waals surface area contributed by atoms with Gasteiger partial charge in [0.05, 0.1) is 22.4 Å². The molecular formula is C14H18N2O5S. The van der Waals surface area contributed by atoms with Crippen LogP contribution < -0.4 is 10.0 Å². The molecule has 22 heavy (non-hydrogen) atoms. The number of hydrogen-bond acceptors (Lipinski definition) is 4. The number of carboxylic acid groups (broad SMARTS) is 1. The van der Waals surface area contributed by atoms with Crippen LogP contribution in [0.15, 0.2) is 24.3 Å². The Kier molecular flexibility index (Phi) is 4.41. The Morgan fingerprint density at radius 2 is 1.91 bits per heavy atom. The molecule has 120 valence electrons. The lowest BCUT2D eigenvalue weighted by Crippen LogP contribution is -2.34. The third kappa shape index (κ3) is 3.56. The molecule has 8 heteroatoms. The highest BCUT2D eigenvalue weighted by molar-refractivity contribution is 7.92. The Hall–Kier alpha value is -2.09. The minimum absolute atomic E-state index is 0.0377. The third-order valence-corrected chi connectivity index (χ3v) is 5.00. The fourth-order valence-corrected chi connectivity index (χ4v) is 2.63. The summed E-state index contributed by atoms with van der Waals surface area (Å²) in [6.07, 6.45) is 1.07. The van der Waals surface area contributed by atoms with Crippen molar-refractivity contribution in [2.45, 2.75) is 19.8 Å². The van der Waals surface area contributed by atoms with Gasteiger partial charge in [-0.15, -0.1) is 0 Å². The Morgan fingerprint density at radius 1 is 1.27 bits per heavy atom. The molecule has 1 aromatic rings. The Labute approximate surface area is 128 Å². The van der Waals surface area contributed by atoms with Crippen LogP contribution in [0.3, 0.4) is 0 Å². The third-order valence-electron chi connectivity index (χ3n) is 3.71. The number of hydrogen-bond donors (Lipinski definition) is 3. The van der Waals surface area contributed by atoms with Gasteiger partial charge < -0.3 is 10.4 Å². The monoisotopic (exact) mass is 326 g/mol. The van der Waals surface area contributed by atoms with Gasteiger partial charge in [-0.2, -0.15) is 0 Å². The van der Waals surface area contributed by atoms with E-state index in [1.54, 1.807) is 12.1 Å². The van der Waals surface area contributed by atoms with Gasteiger partial charge in [0, 0.05) is 6.54 Å². The van der Waals surface area contributed by atoms with Crippen molar-refractivity contribution in [2.24, 2.45) is 5.41 Å². The number of carboxylic acids is 1. The van der Waals surface area contributed by atoms with Crippen LogP contribution in [-0.2, 0) is 14.8 Å². The first-order chi connectivity index (χ1) is 10.3. The number of para-hydroxylation sites is 1. The number of sulfonamides is 1. The molecule has 0 bridgehead atoms. The predicted molar refractivity (Wildman–Crippen MR) is 81.2 cm³/mol. The fraction of sp³-hybridized carbons (Fsp3) is 0.429. The topological polar surface area (TPSA) is 113 Å². The van der Waals surface area contributed by atoms with E-state index in [9.17, 15) is 18.0 Å². The summed E-state index contributed by atoms with van der Waals surface area (Å²) in [7, 11) is -3.50. The molecule has 0 heterocycles. The number of carbonyl (C=O) groups excluding carboxylic acids is 1. The Morgan fingerprint density at radius 3 is 2.45 bits per heavy atom. The molecule has 0 aromatic heterocycles. The minimum atomic E-state index is -3.50. The van der Waals surface area contributed by atoms with Crippen LogP contribution >= 0.6 is 0 Å². The molecule has 1 aliphatic carbocycles. The lowest BCUT2D eigenvalue weighted by atomic mass is 10.1. The van der Waals surface area contributed by atoms with Gasteiger partial charge >= 0.3 is 5.97 Å². The average molecular weight is 326 g/mol. The molecule has 0 radical (unpaired) electrons. The number of benzene rings is 1. The van der Waals surface area contributed by atoms with Gasteiger partial charge in [0.25, 0.3) is 5.91 Å². The second-order valence-corrected chi connectivity index (χ2v) is 7.33. The summed E-state index contributed by atoms with van der Waals surface area (Å²) in [4.78, 5) is 23.3. The summed E-state index contributed by atoms with van der Waals surface area (Å²) in [5, 5.41) is 11.7. The molecule has 7 nitrogen and oxygen atoms in total. The highest BCUT2D eigenvalue weighted by atomic mass is 32.2. The molecule has 3 N–H and O–H groups in total. The minimum Gasteiger partial charge on any atom is -0.481 e. The van der Waals surface area contributed by atoms with Crippen molar-refractivity contribution in [3.05, 3.63) is 29.8 Å². The van der Waals surface area contributed by atoms with Gasteiger partial charge in [0.15, 0.2) is 0 Å². The van der Waals surface area contributed by atoms with Crippen molar-refractivity contribution in [3.8, 4) is 0 Å². The van der Waals surface area contributed by atoms with Gasteiger partial charge in [-0.25, -0.2) is 8.42 Å². The highest BCUT2D eigenvalue weighted by Crippen LogP contribution is 2.45. The van der Waals surface area contributed by atoms with Crippen molar-refractivity contribution in [1.82, 2.24) is 5.32 Å². The van der Waals surface area contributed by atoms with E-state index >= 15 is 0 Å². The van der Waals surface area contributed by atoms with E-state index in [4.69, 9.17) is 5.11 Å². The van der Waals surface area contributed by atoms with E-state index < -0.39 is 27.3 Å². The van der Waals surface area contributed by atoms with Crippen LogP contribution in [0.25, 0.3) is 0 Å². The summed E-state index contributed by atoms with van der Waals surface area (Å²) in [5.74, 6) is -1.53. The summed E-state index contributed by atoms with van der Waals surface area (Å²) < 4.78 is 25.6. The standard InChI is InChI=1S/C14H18N2O5S/c1-2-22(20,21)16-11-6-4-3-5-10(11)12(17)15-9-14(7-8-14)13(18)19/h3-6,16H,2,7-9H2,1H3,(H,15,17)(H,18,19). The molecule has 1 fully saturated rings. The highest BCUT2D eigenvalue weighted by Gasteiger charge is 2.50. The van der Waals surface area contributed by atoms with E-state index in [-0.39, 0.29) is 23.5 Å². The van der Waals surface area contributed by atoms with E-state index in [1.165, 1.54) is 19.1 Å². The smallest absolute Gasteiger partial charge is 0.311 e. The SMILES string of the molecule is CCS(=O)(=O)Nc1ccccc1C(=O)NCC1(C(=O)O)CC1. The number of carbonyl (C=O) groups is 2.